The molecule has 0 N–H and O–H groups in total. The fraction of sp³-hybridized carbons (Fsp3) is 0.700. The molecule has 0 aliphatic heterocycles. The summed E-state index contributed by atoms with van der Waals surface area (Å²) in [6, 6.07) is 8.70. The molecule has 0 spiro atoms. The monoisotopic (exact) mass is 398 g/mol. The van der Waals surface area contributed by atoms with Crippen molar-refractivity contribution in [2.45, 2.75) is 66.5 Å². The van der Waals surface area contributed by atoms with Crippen molar-refractivity contribution in [2.75, 3.05) is 26.4 Å². The quantitative estimate of drug-likeness (QED) is 0.500. The summed E-state index contributed by atoms with van der Waals surface area (Å²) in [5, 5.41) is 2.36. The van der Waals surface area contributed by atoms with Crippen molar-refractivity contribution in [1.82, 2.24) is 0 Å². The van der Waals surface area contributed by atoms with E-state index in [4.69, 9.17) is 17.7 Å². The summed E-state index contributed by atoms with van der Waals surface area (Å²) in [6.07, 6.45) is 0. The minimum atomic E-state index is -2.46. The minimum Gasteiger partial charge on any atom is -0.391 e. The first kappa shape index (κ1) is 23.5. The third-order valence-corrected chi connectivity index (χ3v) is 12.8. The van der Waals surface area contributed by atoms with Crippen LogP contribution in [0.15, 0.2) is 24.3 Å². The van der Waals surface area contributed by atoms with Gasteiger partial charge in [0.1, 0.15) is 0 Å². The van der Waals surface area contributed by atoms with Gasteiger partial charge in [-0.2, -0.15) is 0 Å². The predicted octanol–water partition coefficient (Wildman–Crippen LogP) is 3.95. The number of hydrogen-bond donors (Lipinski definition) is 0. The van der Waals surface area contributed by atoms with E-state index in [0.717, 1.165) is 0 Å². The van der Waals surface area contributed by atoms with Crippen LogP contribution in [-0.2, 0) is 17.7 Å². The molecule has 0 atom stereocenters. The van der Waals surface area contributed by atoms with Crippen molar-refractivity contribution in [3.63, 3.8) is 0 Å². The number of benzene rings is 1. The predicted molar refractivity (Wildman–Crippen MR) is 114 cm³/mol. The van der Waals surface area contributed by atoms with Gasteiger partial charge < -0.3 is 17.7 Å². The van der Waals surface area contributed by atoms with Gasteiger partial charge in [0.25, 0.3) is 0 Å². The smallest absolute Gasteiger partial charge is 0.375 e. The highest BCUT2D eigenvalue weighted by Crippen LogP contribution is 2.26. The van der Waals surface area contributed by atoms with Crippen LogP contribution in [-0.4, -0.2) is 43.5 Å². The largest absolute Gasteiger partial charge is 0.391 e. The van der Waals surface area contributed by atoms with E-state index in [1.54, 1.807) is 0 Å². The molecule has 0 aromatic heterocycles. The SMILES string of the molecule is CCO[Si](OCC)(c1ccc([Si](OCC)(OCC)C(C)C)cc1)C(C)C. The highest BCUT2D eigenvalue weighted by molar-refractivity contribution is 6.84. The van der Waals surface area contributed by atoms with Gasteiger partial charge in [-0.15, -0.1) is 0 Å². The van der Waals surface area contributed by atoms with Crippen LogP contribution in [0.1, 0.15) is 55.4 Å². The molecular formula is C20H38O4Si2. The topological polar surface area (TPSA) is 36.9 Å². The molecule has 1 aromatic rings. The van der Waals surface area contributed by atoms with E-state index in [1.165, 1.54) is 10.4 Å². The molecule has 6 heteroatoms. The van der Waals surface area contributed by atoms with E-state index >= 15 is 0 Å². The summed E-state index contributed by atoms with van der Waals surface area (Å²) in [6.45, 7) is 19.6. The fourth-order valence-corrected chi connectivity index (χ4v) is 10.0. The lowest BCUT2D eigenvalue weighted by atomic mass is 10.4. The first-order valence-corrected chi connectivity index (χ1v) is 13.8. The molecule has 0 unspecified atom stereocenters. The zero-order valence-corrected chi connectivity index (χ0v) is 19.9. The van der Waals surface area contributed by atoms with Crippen LogP contribution in [0.5, 0.6) is 0 Å². The Labute approximate surface area is 162 Å². The lowest BCUT2D eigenvalue weighted by Gasteiger charge is -2.36. The van der Waals surface area contributed by atoms with E-state index in [-0.39, 0.29) is 0 Å². The van der Waals surface area contributed by atoms with Crippen LogP contribution in [0, 0.1) is 0 Å². The van der Waals surface area contributed by atoms with E-state index in [9.17, 15) is 0 Å². The highest BCUT2D eigenvalue weighted by atomic mass is 28.4. The first-order valence-electron chi connectivity index (χ1n) is 10.0. The van der Waals surface area contributed by atoms with Crippen molar-refractivity contribution < 1.29 is 17.7 Å². The van der Waals surface area contributed by atoms with Crippen LogP contribution in [0.2, 0.25) is 11.1 Å². The van der Waals surface area contributed by atoms with Crippen LogP contribution in [0.3, 0.4) is 0 Å². The van der Waals surface area contributed by atoms with Gasteiger partial charge in [-0.25, -0.2) is 0 Å². The van der Waals surface area contributed by atoms with Crippen LogP contribution in [0.25, 0.3) is 0 Å². The van der Waals surface area contributed by atoms with Gasteiger partial charge in [-0.1, -0.05) is 52.0 Å². The van der Waals surface area contributed by atoms with E-state index in [1.807, 2.05) is 27.7 Å². The lowest BCUT2D eigenvalue weighted by molar-refractivity contribution is 0.187. The van der Waals surface area contributed by atoms with Crippen molar-refractivity contribution >= 4 is 27.5 Å². The van der Waals surface area contributed by atoms with Gasteiger partial charge >= 0.3 is 17.1 Å². The number of hydrogen-bond acceptors (Lipinski definition) is 4. The average Bonchev–Trinajstić information content (AvgIpc) is 2.61. The summed E-state index contributed by atoms with van der Waals surface area (Å²) >= 11 is 0. The van der Waals surface area contributed by atoms with Gasteiger partial charge in [0.15, 0.2) is 0 Å². The third-order valence-electron chi connectivity index (χ3n) is 4.64. The van der Waals surface area contributed by atoms with E-state index in [0.29, 0.717) is 37.5 Å². The Morgan fingerprint density at radius 3 is 0.962 bits per heavy atom. The molecule has 0 aliphatic carbocycles. The van der Waals surface area contributed by atoms with E-state index < -0.39 is 17.1 Å². The molecule has 0 bridgehead atoms. The maximum Gasteiger partial charge on any atom is 0.375 e. The molecule has 0 aliphatic rings. The Morgan fingerprint density at radius 1 is 0.577 bits per heavy atom. The van der Waals surface area contributed by atoms with Gasteiger partial charge in [-0.05, 0) is 38.1 Å². The number of rotatable bonds is 12. The molecule has 150 valence electrons. The van der Waals surface area contributed by atoms with Gasteiger partial charge in [0.05, 0.1) is 0 Å². The molecule has 0 saturated heterocycles. The van der Waals surface area contributed by atoms with Crippen molar-refractivity contribution in [3.8, 4) is 0 Å². The summed E-state index contributed by atoms with van der Waals surface area (Å²) in [4.78, 5) is 0. The second-order valence-corrected chi connectivity index (χ2v) is 14.2. The van der Waals surface area contributed by atoms with Gasteiger partial charge in [-0.3, -0.25) is 0 Å². The van der Waals surface area contributed by atoms with Crippen LogP contribution >= 0.6 is 0 Å². The molecule has 1 rings (SSSR count). The lowest BCUT2D eigenvalue weighted by Crippen LogP contribution is -2.59. The molecule has 26 heavy (non-hydrogen) atoms. The Morgan fingerprint density at radius 2 is 0.808 bits per heavy atom. The van der Waals surface area contributed by atoms with Crippen LogP contribution < -0.4 is 10.4 Å². The van der Waals surface area contributed by atoms with Gasteiger partial charge in [0, 0.05) is 37.5 Å². The average molecular weight is 399 g/mol. The van der Waals surface area contributed by atoms with E-state index in [2.05, 4.69) is 52.0 Å². The summed E-state index contributed by atoms with van der Waals surface area (Å²) in [7, 11) is -4.92. The molecule has 0 radical (unpaired) electrons. The summed E-state index contributed by atoms with van der Waals surface area (Å²) < 4.78 is 25.0. The van der Waals surface area contributed by atoms with Gasteiger partial charge in [0.2, 0.25) is 0 Å². The molecular weight excluding hydrogens is 360 g/mol. The fourth-order valence-electron chi connectivity index (χ4n) is 3.54. The summed E-state index contributed by atoms with van der Waals surface area (Å²) in [5.41, 5.74) is 0.665. The Balaban J connectivity index is 3.37. The normalized spacial score (nSPS) is 13.0. The van der Waals surface area contributed by atoms with Crippen LogP contribution in [0.4, 0.5) is 0 Å². The maximum absolute atomic E-state index is 6.25. The van der Waals surface area contributed by atoms with Crippen molar-refractivity contribution in [1.29, 1.82) is 0 Å². The molecule has 0 fully saturated rings. The summed E-state index contributed by atoms with van der Waals surface area (Å²) in [5.74, 6) is 0. The maximum atomic E-state index is 6.25. The zero-order valence-electron chi connectivity index (χ0n) is 17.9. The Bertz CT molecular complexity index is 458. The standard InChI is InChI=1S/C20H38O4Si2/c1-9-21-25(17(5)6,22-10-2)19-13-15-20(16-14-19)26(18(7)8,23-11-3)24-12-4/h13-18H,9-12H2,1-8H3. The van der Waals surface area contributed by atoms with Crippen molar-refractivity contribution in [3.05, 3.63) is 24.3 Å². The third kappa shape index (κ3) is 4.85. The molecule has 0 heterocycles. The highest BCUT2D eigenvalue weighted by Gasteiger charge is 2.46. The molecule has 0 amide bonds. The van der Waals surface area contributed by atoms with Crippen molar-refractivity contribution in [2.24, 2.45) is 0 Å². The molecule has 1 aromatic carbocycles. The molecule has 4 nitrogen and oxygen atoms in total. The first-order chi connectivity index (χ1) is 12.3. The Kier molecular flexibility index (Phi) is 9.71. The molecule has 0 saturated carbocycles. The Hall–Kier alpha value is -0.506. The minimum absolute atomic E-state index is 0.333. The second-order valence-electron chi connectivity index (χ2n) is 6.95. The zero-order chi connectivity index (χ0) is 19.8. The second kappa shape index (κ2) is 10.7.